The average molecular weight is 213 g/mol. The number of alkyl halides is 4. The molecular formula is C7H8ClF3N2. The fourth-order valence-electron chi connectivity index (χ4n) is 0.955. The number of nitrogens with zero attached hydrogens (tertiary/aromatic N) is 2. The molecule has 0 radical (unpaired) electrons. The summed E-state index contributed by atoms with van der Waals surface area (Å²) in [7, 11) is 0. The average Bonchev–Trinajstić information content (AvgIpc) is 2.32. The van der Waals surface area contributed by atoms with Crippen molar-refractivity contribution < 1.29 is 13.2 Å². The molecule has 1 aromatic rings. The van der Waals surface area contributed by atoms with Crippen molar-refractivity contribution in [2.75, 3.05) is 5.88 Å². The predicted molar refractivity (Wildman–Crippen MR) is 42.7 cm³/mol. The smallest absolute Gasteiger partial charge is 0.268 e. The highest BCUT2D eigenvalue weighted by atomic mass is 35.5. The van der Waals surface area contributed by atoms with Crippen molar-refractivity contribution in [2.45, 2.75) is 19.6 Å². The van der Waals surface area contributed by atoms with Crippen LogP contribution in [0.2, 0.25) is 0 Å². The Balaban J connectivity index is 2.95. The second-order valence-electron chi connectivity index (χ2n) is 2.58. The number of aromatic nitrogens is 2. The fourth-order valence-corrected chi connectivity index (χ4v) is 1.12. The Morgan fingerprint density at radius 2 is 2.15 bits per heavy atom. The van der Waals surface area contributed by atoms with Crippen molar-refractivity contribution in [3.05, 3.63) is 17.5 Å². The summed E-state index contributed by atoms with van der Waals surface area (Å²) in [4.78, 5) is 0. The monoisotopic (exact) mass is 212 g/mol. The molecule has 1 aromatic heterocycles. The van der Waals surface area contributed by atoms with Gasteiger partial charge in [0.05, 0.1) is 6.54 Å². The summed E-state index contributed by atoms with van der Waals surface area (Å²) >= 11 is 5.39. The molecule has 0 saturated carbocycles. The first kappa shape index (κ1) is 10.4. The van der Waals surface area contributed by atoms with Gasteiger partial charge in [-0.1, -0.05) is 0 Å². The quantitative estimate of drug-likeness (QED) is 0.689. The van der Waals surface area contributed by atoms with E-state index in [-0.39, 0.29) is 5.88 Å². The van der Waals surface area contributed by atoms with E-state index in [1.807, 2.05) is 0 Å². The van der Waals surface area contributed by atoms with Gasteiger partial charge in [-0.15, -0.1) is 11.6 Å². The van der Waals surface area contributed by atoms with Crippen LogP contribution >= 0.6 is 11.6 Å². The molecule has 0 aliphatic carbocycles. The Kier molecular flexibility index (Phi) is 2.85. The molecule has 1 heterocycles. The van der Waals surface area contributed by atoms with E-state index < -0.39 is 11.9 Å². The van der Waals surface area contributed by atoms with E-state index in [0.29, 0.717) is 12.2 Å². The third kappa shape index (κ3) is 2.37. The normalized spacial score (nSPS) is 12.1. The van der Waals surface area contributed by atoms with Crippen LogP contribution < -0.4 is 0 Å². The first-order valence-electron chi connectivity index (χ1n) is 3.62. The van der Waals surface area contributed by atoms with E-state index in [1.54, 1.807) is 6.92 Å². The second-order valence-corrected chi connectivity index (χ2v) is 2.96. The Labute approximate surface area is 78.3 Å². The molecule has 0 N–H and O–H groups in total. The second kappa shape index (κ2) is 3.57. The third-order valence-electron chi connectivity index (χ3n) is 1.57. The van der Waals surface area contributed by atoms with Gasteiger partial charge in [-0.2, -0.15) is 18.3 Å². The van der Waals surface area contributed by atoms with E-state index in [9.17, 15) is 13.2 Å². The molecule has 0 fully saturated rings. The minimum atomic E-state index is -4.37. The maximum Gasteiger partial charge on any atom is 0.435 e. The first-order valence-corrected chi connectivity index (χ1v) is 4.16. The van der Waals surface area contributed by atoms with E-state index in [1.165, 1.54) is 4.68 Å². The van der Waals surface area contributed by atoms with Crippen molar-refractivity contribution in [1.29, 1.82) is 0 Å². The van der Waals surface area contributed by atoms with Crippen LogP contribution in [-0.2, 0) is 12.7 Å². The van der Waals surface area contributed by atoms with Gasteiger partial charge in [0, 0.05) is 11.6 Å². The van der Waals surface area contributed by atoms with Gasteiger partial charge in [0.1, 0.15) is 0 Å². The van der Waals surface area contributed by atoms with Crippen LogP contribution in [0.25, 0.3) is 0 Å². The zero-order valence-electron chi connectivity index (χ0n) is 6.90. The molecule has 0 spiro atoms. The summed E-state index contributed by atoms with van der Waals surface area (Å²) in [5.41, 5.74) is -0.400. The fraction of sp³-hybridized carbons (Fsp3) is 0.571. The lowest BCUT2D eigenvalue weighted by molar-refractivity contribution is -0.141. The molecule has 74 valence electrons. The van der Waals surface area contributed by atoms with Crippen molar-refractivity contribution in [1.82, 2.24) is 9.78 Å². The van der Waals surface area contributed by atoms with Gasteiger partial charge in [-0.3, -0.25) is 4.68 Å². The van der Waals surface area contributed by atoms with Crippen molar-refractivity contribution >= 4 is 11.6 Å². The van der Waals surface area contributed by atoms with Gasteiger partial charge in [0.25, 0.3) is 0 Å². The number of rotatable bonds is 2. The molecule has 2 nitrogen and oxygen atoms in total. The first-order chi connectivity index (χ1) is 5.95. The van der Waals surface area contributed by atoms with Crippen molar-refractivity contribution in [2.24, 2.45) is 0 Å². The van der Waals surface area contributed by atoms with Crippen LogP contribution in [0.5, 0.6) is 0 Å². The van der Waals surface area contributed by atoms with Crippen LogP contribution in [0.4, 0.5) is 13.2 Å². The minimum Gasteiger partial charge on any atom is -0.268 e. The SMILES string of the molecule is Cc1cc(C(F)(F)F)nn1CCCl. The summed E-state index contributed by atoms with van der Waals surface area (Å²) in [6, 6.07) is 1.01. The molecule has 0 aliphatic heterocycles. The highest BCUT2D eigenvalue weighted by Crippen LogP contribution is 2.28. The van der Waals surface area contributed by atoms with Gasteiger partial charge in [0.2, 0.25) is 0 Å². The highest BCUT2D eigenvalue weighted by molar-refractivity contribution is 6.17. The Morgan fingerprint density at radius 3 is 2.54 bits per heavy atom. The van der Waals surface area contributed by atoms with E-state index in [4.69, 9.17) is 11.6 Å². The topological polar surface area (TPSA) is 17.8 Å². The van der Waals surface area contributed by atoms with E-state index in [0.717, 1.165) is 6.07 Å². The van der Waals surface area contributed by atoms with Gasteiger partial charge < -0.3 is 0 Å². The number of halogens is 4. The lowest BCUT2D eigenvalue weighted by Crippen LogP contribution is -2.08. The molecule has 1 rings (SSSR count). The predicted octanol–water partition coefficient (Wildman–Crippen LogP) is 2.45. The van der Waals surface area contributed by atoms with E-state index >= 15 is 0 Å². The van der Waals surface area contributed by atoms with Gasteiger partial charge >= 0.3 is 6.18 Å². The lowest BCUT2D eigenvalue weighted by atomic mass is 10.4. The van der Waals surface area contributed by atoms with Crippen molar-refractivity contribution in [3.63, 3.8) is 0 Å². The zero-order valence-corrected chi connectivity index (χ0v) is 7.65. The highest BCUT2D eigenvalue weighted by Gasteiger charge is 2.34. The standard InChI is InChI=1S/C7H8ClF3N2/c1-5-4-6(7(9,10)11)12-13(5)3-2-8/h4H,2-3H2,1H3. The number of hydrogen-bond donors (Lipinski definition) is 0. The maximum absolute atomic E-state index is 12.1. The number of aryl methyl sites for hydroxylation is 2. The summed E-state index contributed by atoms with van der Waals surface area (Å²) in [6.07, 6.45) is -4.37. The summed E-state index contributed by atoms with van der Waals surface area (Å²) in [5.74, 6) is 0.250. The lowest BCUT2D eigenvalue weighted by Gasteiger charge is -2.01. The van der Waals surface area contributed by atoms with Gasteiger partial charge in [-0.05, 0) is 13.0 Å². The summed E-state index contributed by atoms with van der Waals surface area (Å²) in [6.45, 7) is 1.86. The molecule has 0 aromatic carbocycles. The van der Waals surface area contributed by atoms with Gasteiger partial charge in [0.15, 0.2) is 5.69 Å². The minimum absolute atomic E-state index is 0.250. The number of hydrogen-bond acceptors (Lipinski definition) is 1. The van der Waals surface area contributed by atoms with Crippen LogP contribution in [-0.4, -0.2) is 15.7 Å². The largest absolute Gasteiger partial charge is 0.435 e. The molecule has 0 bridgehead atoms. The maximum atomic E-state index is 12.1. The van der Waals surface area contributed by atoms with Gasteiger partial charge in [-0.25, -0.2) is 0 Å². The van der Waals surface area contributed by atoms with Crippen LogP contribution in [0.3, 0.4) is 0 Å². The Hall–Kier alpha value is -0.710. The summed E-state index contributed by atoms with van der Waals surface area (Å²) in [5, 5.41) is 3.38. The summed E-state index contributed by atoms with van der Waals surface area (Å²) < 4.78 is 37.6. The van der Waals surface area contributed by atoms with Crippen LogP contribution in [0, 0.1) is 6.92 Å². The molecule has 6 heteroatoms. The van der Waals surface area contributed by atoms with Crippen LogP contribution in [0.15, 0.2) is 6.07 Å². The van der Waals surface area contributed by atoms with Crippen molar-refractivity contribution in [3.8, 4) is 0 Å². The Morgan fingerprint density at radius 1 is 1.54 bits per heavy atom. The Bertz CT molecular complexity index is 292. The molecular weight excluding hydrogens is 205 g/mol. The molecule has 0 aliphatic rings. The third-order valence-corrected chi connectivity index (χ3v) is 1.74. The molecule has 0 atom stereocenters. The molecule has 13 heavy (non-hydrogen) atoms. The molecule has 0 unspecified atom stereocenters. The van der Waals surface area contributed by atoms with Crippen LogP contribution in [0.1, 0.15) is 11.4 Å². The molecule has 0 amide bonds. The zero-order chi connectivity index (χ0) is 10.1. The van der Waals surface area contributed by atoms with E-state index in [2.05, 4.69) is 5.10 Å². The molecule has 0 saturated heterocycles.